The molecule has 126 valence electrons. The highest BCUT2D eigenvalue weighted by molar-refractivity contribution is 7.89. The summed E-state index contributed by atoms with van der Waals surface area (Å²) >= 11 is 0. The molecule has 0 aliphatic heterocycles. The van der Waals surface area contributed by atoms with Crippen molar-refractivity contribution in [3.8, 4) is 0 Å². The van der Waals surface area contributed by atoms with Crippen molar-refractivity contribution in [3.63, 3.8) is 0 Å². The molecular weight excluding hydrogens is 324 g/mol. The van der Waals surface area contributed by atoms with Crippen molar-refractivity contribution in [1.82, 2.24) is 0 Å². The summed E-state index contributed by atoms with van der Waals surface area (Å²) in [6, 6.07) is 12.9. The Morgan fingerprint density at radius 1 is 1.17 bits per heavy atom. The Morgan fingerprint density at radius 3 is 2.58 bits per heavy atom. The highest BCUT2D eigenvalue weighted by atomic mass is 32.2. The quantitative estimate of drug-likeness (QED) is 0.893. The minimum atomic E-state index is -3.81. The molecule has 0 unspecified atom stereocenters. The van der Waals surface area contributed by atoms with E-state index in [1.54, 1.807) is 19.1 Å². The summed E-state index contributed by atoms with van der Waals surface area (Å²) in [4.78, 5) is 12.4. The van der Waals surface area contributed by atoms with Gasteiger partial charge in [0.05, 0.1) is 4.90 Å². The van der Waals surface area contributed by atoms with E-state index < -0.39 is 10.0 Å². The zero-order chi connectivity index (χ0) is 17.5. The second-order valence-corrected chi connectivity index (χ2v) is 7.91. The molecule has 2 aromatic carbocycles. The van der Waals surface area contributed by atoms with Crippen LogP contribution in [0.5, 0.6) is 0 Å². The van der Waals surface area contributed by atoms with Gasteiger partial charge in [-0.25, -0.2) is 13.6 Å². The molecule has 1 amide bonds. The number of rotatable bonds is 4. The molecule has 0 radical (unpaired) electrons. The number of sulfonamides is 1. The van der Waals surface area contributed by atoms with Crippen molar-refractivity contribution in [1.29, 1.82) is 0 Å². The van der Waals surface area contributed by atoms with Gasteiger partial charge in [-0.15, -0.1) is 0 Å². The van der Waals surface area contributed by atoms with E-state index in [1.807, 2.05) is 25.1 Å². The summed E-state index contributed by atoms with van der Waals surface area (Å²) in [6.07, 6.45) is 0.809. The summed E-state index contributed by atoms with van der Waals surface area (Å²) in [5, 5.41) is 8.00. The molecule has 1 fully saturated rings. The van der Waals surface area contributed by atoms with Gasteiger partial charge in [-0.2, -0.15) is 0 Å². The lowest BCUT2D eigenvalue weighted by atomic mass is 10.1. The van der Waals surface area contributed by atoms with Crippen molar-refractivity contribution in [2.45, 2.75) is 31.1 Å². The SMILES string of the molecule is Cc1cccc([C@H]2C[C@H]2C(=O)Nc2ccc(C)c(S(N)(=O)=O)c2)c1. The van der Waals surface area contributed by atoms with Crippen LogP contribution < -0.4 is 10.5 Å². The number of aryl methyl sites for hydroxylation is 2. The third kappa shape index (κ3) is 3.49. The van der Waals surface area contributed by atoms with Gasteiger partial charge in [0.1, 0.15) is 0 Å². The first-order valence-electron chi connectivity index (χ1n) is 7.76. The van der Waals surface area contributed by atoms with E-state index in [4.69, 9.17) is 5.14 Å². The zero-order valence-electron chi connectivity index (χ0n) is 13.6. The number of amides is 1. The number of hydrogen-bond donors (Lipinski definition) is 2. The summed E-state index contributed by atoms with van der Waals surface area (Å²) < 4.78 is 23.1. The van der Waals surface area contributed by atoms with Gasteiger partial charge in [0.25, 0.3) is 0 Å². The lowest BCUT2D eigenvalue weighted by molar-refractivity contribution is -0.117. The van der Waals surface area contributed by atoms with E-state index in [1.165, 1.54) is 17.2 Å². The van der Waals surface area contributed by atoms with Crippen LogP contribution in [0.2, 0.25) is 0 Å². The molecule has 2 aromatic rings. The number of nitrogens with two attached hydrogens (primary N) is 1. The number of anilines is 1. The Balaban J connectivity index is 1.73. The van der Waals surface area contributed by atoms with E-state index in [0.29, 0.717) is 11.3 Å². The number of benzene rings is 2. The van der Waals surface area contributed by atoms with Gasteiger partial charge in [0.15, 0.2) is 0 Å². The van der Waals surface area contributed by atoms with Crippen molar-refractivity contribution >= 4 is 21.6 Å². The van der Waals surface area contributed by atoms with Crippen molar-refractivity contribution in [2.24, 2.45) is 11.1 Å². The van der Waals surface area contributed by atoms with Gasteiger partial charge in [-0.05, 0) is 49.4 Å². The van der Waals surface area contributed by atoms with Crippen molar-refractivity contribution in [3.05, 3.63) is 59.2 Å². The molecule has 0 aromatic heterocycles. The Bertz CT molecular complexity index is 906. The van der Waals surface area contributed by atoms with Gasteiger partial charge < -0.3 is 5.32 Å². The van der Waals surface area contributed by atoms with Gasteiger partial charge in [0, 0.05) is 11.6 Å². The molecule has 0 spiro atoms. The van der Waals surface area contributed by atoms with Gasteiger partial charge in [-0.3, -0.25) is 4.79 Å². The molecule has 2 atom stereocenters. The molecule has 1 aliphatic carbocycles. The Hall–Kier alpha value is -2.18. The minimum absolute atomic E-state index is 0.0336. The topological polar surface area (TPSA) is 89.3 Å². The monoisotopic (exact) mass is 344 g/mol. The molecule has 0 heterocycles. The van der Waals surface area contributed by atoms with Gasteiger partial charge >= 0.3 is 0 Å². The first-order valence-corrected chi connectivity index (χ1v) is 9.31. The molecule has 0 bridgehead atoms. The smallest absolute Gasteiger partial charge is 0.238 e. The standard InChI is InChI=1S/C18H20N2O3S/c1-11-4-3-5-13(8-11)15-10-16(15)18(21)20-14-7-6-12(2)17(9-14)24(19,22)23/h3-9,15-16H,10H2,1-2H3,(H,20,21)(H2,19,22,23)/t15-,16-/m1/s1. The maximum atomic E-state index is 12.4. The normalized spacial score (nSPS) is 19.8. The van der Waals surface area contributed by atoms with E-state index in [2.05, 4.69) is 11.4 Å². The van der Waals surface area contributed by atoms with Crippen LogP contribution >= 0.6 is 0 Å². The molecule has 6 heteroatoms. The average molecular weight is 344 g/mol. The summed E-state index contributed by atoms with van der Waals surface area (Å²) in [5.74, 6) is 0.0600. The summed E-state index contributed by atoms with van der Waals surface area (Å²) in [6.45, 7) is 3.70. The van der Waals surface area contributed by atoms with Crippen LogP contribution in [-0.4, -0.2) is 14.3 Å². The summed E-state index contributed by atoms with van der Waals surface area (Å²) in [5.41, 5.74) is 3.35. The number of nitrogens with one attached hydrogen (secondary N) is 1. The highest BCUT2D eigenvalue weighted by Crippen LogP contribution is 2.48. The fraction of sp³-hybridized carbons (Fsp3) is 0.278. The van der Waals surface area contributed by atoms with Crippen molar-refractivity contribution < 1.29 is 13.2 Å². The van der Waals surface area contributed by atoms with Crippen LogP contribution in [0.4, 0.5) is 5.69 Å². The van der Waals surface area contributed by atoms with Gasteiger partial charge in [0.2, 0.25) is 15.9 Å². The second kappa shape index (κ2) is 6.03. The van der Waals surface area contributed by atoms with E-state index in [-0.39, 0.29) is 22.6 Å². The van der Waals surface area contributed by atoms with Crippen LogP contribution in [0, 0.1) is 19.8 Å². The molecule has 0 saturated heterocycles. The van der Waals surface area contributed by atoms with Crippen molar-refractivity contribution in [2.75, 3.05) is 5.32 Å². The first-order chi connectivity index (χ1) is 11.3. The number of carbonyl (C=O) groups is 1. The van der Waals surface area contributed by atoms with Crippen LogP contribution in [-0.2, 0) is 14.8 Å². The predicted molar refractivity (Wildman–Crippen MR) is 93.2 cm³/mol. The van der Waals surface area contributed by atoms with E-state index >= 15 is 0 Å². The van der Waals surface area contributed by atoms with E-state index in [0.717, 1.165) is 6.42 Å². The third-order valence-corrected chi connectivity index (χ3v) is 5.41. The molecule has 24 heavy (non-hydrogen) atoms. The zero-order valence-corrected chi connectivity index (χ0v) is 14.4. The molecule has 3 rings (SSSR count). The van der Waals surface area contributed by atoms with Crippen LogP contribution in [0.25, 0.3) is 0 Å². The first kappa shape index (κ1) is 16.7. The lowest BCUT2D eigenvalue weighted by Crippen LogP contribution is -2.17. The average Bonchev–Trinajstić information content (AvgIpc) is 3.28. The number of carbonyl (C=O) groups excluding carboxylic acids is 1. The predicted octanol–water partition coefficient (Wildman–Crippen LogP) is 2.69. The minimum Gasteiger partial charge on any atom is -0.326 e. The molecular formula is C18H20N2O3S. The molecule has 3 N–H and O–H groups in total. The fourth-order valence-electron chi connectivity index (χ4n) is 2.97. The summed E-state index contributed by atoms with van der Waals surface area (Å²) in [7, 11) is -3.81. The van der Waals surface area contributed by atoms with Crippen LogP contribution in [0.15, 0.2) is 47.4 Å². The maximum absolute atomic E-state index is 12.4. The van der Waals surface area contributed by atoms with Gasteiger partial charge in [-0.1, -0.05) is 35.9 Å². The fourth-order valence-corrected chi connectivity index (χ4v) is 3.78. The third-order valence-electron chi connectivity index (χ3n) is 4.36. The highest BCUT2D eigenvalue weighted by Gasteiger charge is 2.43. The largest absolute Gasteiger partial charge is 0.326 e. The lowest BCUT2D eigenvalue weighted by Gasteiger charge is -2.09. The van der Waals surface area contributed by atoms with Crippen LogP contribution in [0.1, 0.15) is 29.0 Å². The number of primary sulfonamides is 1. The molecule has 1 saturated carbocycles. The number of hydrogen-bond acceptors (Lipinski definition) is 3. The Labute approximate surface area is 141 Å². The molecule has 1 aliphatic rings. The van der Waals surface area contributed by atoms with Crippen LogP contribution in [0.3, 0.4) is 0 Å². The second-order valence-electron chi connectivity index (χ2n) is 6.38. The van der Waals surface area contributed by atoms with E-state index in [9.17, 15) is 13.2 Å². The Morgan fingerprint density at radius 2 is 1.92 bits per heavy atom. The maximum Gasteiger partial charge on any atom is 0.238 e. The molecule has 5 nitrogen and oxygen atoms in total. The Kier molecular flexibility index (Phi) is 4.19.